The van der Waals surface area contributed by atoms with E-state index in [9.17, 15) is 0 Å². The van der Waals surface area contributed by atoms with Crippen LogP contribution in [0.25, 0.3) is 10.9 Å². The first-order chi connectivity index (χ1) is 8.35. The van der Waals surface area contributed by atoms with E-state index in [1.807, 2.05) is 18.2 Å². The SMILES string of the molecule is CCNC(COC)c1ccc2ccccc2n1. The number of methoxy groups -OCH3 is 1. The van der Waals surface area contributed by atoms with Gasteiger partial charge in [-0.3, -0.25) is 4.98 Å². The van der Waals surface area contributed by atoms with Crippen molar-refractivity contribution in [1.29, 1.82) is 0 Å². The molecule has 1 aromatic heterocycles. The van der Waals surface area contributed by atoms with Crippen LogP contribution in [0, 0.1) is 0 Å². The highest BCUT2D eigenvalue weighted by atomic mass is 16.5. The number of pyridine rings is 1. The molecule has 0 saturated heterocycles. The summed E-state index contributed by atoms with van der Waals surface area (Å²) < 4.78 is 5.22. The smallest absolute Gasteiger partial charge is 0.0732 e. The van der Waals surface area contributed by atoms with Crippen molar-refractivity contribution in [2.75, 3.05) is 20.3 Å². The number of para-hydroxylation sites is 1. The van der Waals surface area contributed by atoms with Crippen molar-refractivity contribution in [2.45, 2.75) is 13.0 Å². The third-order valence-corrected chi connectivity index (χ3v) is 2.76. The van der Waals surface area contributed by atoms with Gasteiger partial charge in [-0.2, -0.15) is 0 Å². The van der Waals surface area contributed by atoms with Crippen molar-refractivity contribution in [2.24, 2.45) is 0 Å². The van der Waals surface area contributed by atoms with Crippen LogP contribution >= 0.6 is 0 Å². The zero-order valence-electron chi connectivity index (χ0n) is 10.3. The summed E-state index contributed by atoms with van der Waals surface area (Å²) >= 11 is 0. The van der Waals surface area contributed by atoms with Crippen molar-refractivity contribution in [3.63, 3.8) is 0 Å². The molecular weight excluding hydrogens is 212 g/mol. The summed E-state index contributed by atoms with van der Waals surface area (Å²) in [6.45, 7) is 3.63. The van der Waals surface area contributed by atoms with Crippen molar-refractivity contribution in [3.05, 3.63) is 42.1 Å². The van der Waals surface area contributed by atoms with E-state index in [0.29, 0.717) is 6.61 Å². The molecule has 0 amide bonds. The third kappa shape index (κ3) is 2.81. The number of hydrogen-bond donors (Lipinski definition) is 1. The van der Waals surface area contributed by atoms with Gasteiger partial charge in [-0.1, -0.05) is 31.2 Å². The average molecular weight is 230 g/mol. The van der Waals surface area contributed by atoms with Gasteiger partial charge >= 0.3 is 0 Å². The molecule has 3 nitrogen and oxygen atoms in total. The molecule has 1 aromatic carbocycles. The molecule has 1 heterocycles. The second-order valence-corrected chi connectivity index (χ2v) is 3.99. The van der Waals surface area contributed by atoms with Crippen LogP contribution < -0.4 is 5.32 Å². The fourth-order valence-electron chi connectivity index (χ4n) is 1.94. The molecule has 0 bridgehead atoms. The number of aromatic nitrogens is 1. The Hall–Kier alpha value is -1.45. The van der Waals surface area contributed by atoms with Gasteiger partial charge in [-0.15, -0.1) is 0 Å². The van der Waals surface area contributed by atoms with E-state index >= 15 is 0 Å². The zero-order valence-corrected chi connectivity index (χ0v) is 10.3. The lowest BCUT2D eigenvalue weighted by Crippen LogP contribution is -2.25. The number of ether oxygens (including phenoxy) is 1. The van der Waals surface area contributed by atoms with E-state index in [-0.39, 0.29) is 6.04 Å². The molecule has 1 unspecified atom stereocenters. The first kappa shape index (κ1) is 12.0. The molecule has 0 aliphatic carbocycles. The molecule has 2 aromatic rings. The van der Waals surface area contributed by atoms with Crippen LogP contribution in [0.15, 0.2) is 36.4 Å². The van der Waals surface area contributed by atoms with Crippen LogP contribution in [0.4, 0.5) is 0 Å². The number of benzene rings is 1. The number of fused-ring (bicyclic) bond motifs is 1. The van der Waals surface area contributed by atoms with E-state index in [4.69, 9.17) is 4.74 Å². The summed E-state index contributed by atoms with van der Waals surface area (Å²) in [5, 5.41) is 4.55. The highest BCUT2D eigenvalue weighted by Crippen LogP contribution is 2.16. The Morgan fingerprint density at radius 3 is 2.82 bits per heavy atom. The first-order valence-electron chi connectivity index (χ1n) is 5.93. The molecular formula is C14H18N2O. The van der Waals surface area contributed by atoms with Crippen molar-refractivity contribution in [3.8, 4) is 0 Å². The lowest BCUT2D eigenvalue weighted by Gasteiger charge is -2.16. The van der Waals surface area contributed by atoms with Crippen molar-refractivity contribution in [1.82, 2.24) is 10.3 Å². The van der Waals surface area contributed by atoms with Gasteiger partial charge in [-0.05, 0) is 18.7 Å². The summed E-state index contributed by atoms with van der Waals surface area (Å²) in [6.07, 6.45) is 0. The quantitative estimate of drug-likeness (QED) is 0.857. The molecule has 0 saturated carbocycles. The molecule has 17 heavy (non-hydrogen) atoms. The molecule has 0 aliphatic rings. The zero-order chi connectivity index (χ0) is 12.1. The Morgan fingerprint density at radius 1 is 1.24 bits per heavy atom. The van der Waals surface area contributed by atoms with Gasteiger partial charge in [0, 0.05) is 12.5 Å². The van der Waals surface area contributed by atoms with Gasteiger partial charge < -0.3 is 10.1 Å². The molecule has 90 valence electrons. The Kier molecular flexibility index (Phi) is 4.07. The molecule has 1 atom stereocenters. The fraction of sp³-hybridized carbons (Fsp3) is 0.357. The Balaban J connectivity index is 2.32. The van der Waals surface area contributed by atoms with E-state index in [1.165, 1.54) is 5.39 Å². The lowest BCUT2D eigenvalue weighted by atomic mass is 10.1. The molecule has 2 rings (SSSR count). The maximum absolute atomic E-state index is 5.22. The predicted octanol–water partition coefficient (Wildman–Crippen LogP) is 2.53. The van der Waals surface area contributed by atoms with Gasteiger partial charge in [0.05, 0.1) is 23.9 Å². The summed E-state index contributed by atoms with van der Waals surface area (Å²) in [5.41, 5.74) is 2.07. The Morgan fingerprint density at radius 2 is 2.06 bits per heavy atom. The summed E-state index contributed by atoms with van der Waals surface area (Å²) in [5.74, 6) is 0. The highest BCUT2D eigenvalue weighted by molar-refractivity contribution is 5.78. The van der Waals surface area contributed by atoms with Crippen LogP contribution in [0.2, 0.25) is 0 Å². The third-order valence-electron chi connectivity index (χ3n) is 2.76. The second kappa shape index (κ2) is 5.75. The maximum atomic E-state index is 5.22. The summed E-state index contributed by atoms with van der Waals surface area (Å²) in [6, 6.07) is 12.5. The van der Waals surface area contributed by atoms with Gasteiger partial charge in [-0.25, -0.2) is 0 Å². The standard InChI is InChI=1S/C14H18N2O/c1-3-15-14(10-17-2)13-9-8-11-6-4-5-7-12(11)16-13/h4-9,14-15H,3,10H2,1-2H3. The normalized spacial score (nSPS) is 12.8. The van der Waals surface area contributed by atoms with Gasteiger partial charge in [0.15, 0.2) is 0 Å². The van der Waals surface area contributed by atoms with E-state index in [0.717, 1.165) is 17.8 Å². The molecule has 1 N–H and O–H groups in total. The Bertz CT molecular complexity index is 478. The molecule has 0 radical (unpaired) electrons. The number of rotatable bonds is 5. The minimum atomic E-state index is 0.162. The first-order valence-corrected chi connectivity index (χ1v) is 5.93. The van der Waals surface area contributed by atoms with Crippen molar-refractivity contribution < 1.29 is 4.74 Å². The fourth-order valence-corrected chi connectivity index (χ4v) is 1.94. The molecule has 0 spiro atoms. The number of nitrogens with one attached hydrogen (secondary N) is 1. The van der Waals surface area contributed by atoms with E-state index < -0.39 is 0 Å². The molecule has 3 heteroatoms. The van der Waals surface area contributed by atoms with Gasteiger partial charge in [0.2, 0.25) is 0 Å². The summed E-state index contributed by atoms with van der Waals surface area (Å²) in [7, 11) is 1.71. The largest absolute Gasteiger partial charge is 0.383 e. The lowest BCUT2D eigenvalue weighted by molar-refractivity contribution is 0.166. The monoisotopic (exact) mass is 230 g/mol. The Labute approximate surface area is 102 Å². The van der Waals surface area contributed by atoms with Crippen molar-refractivity contribution >= 4 is 10.9 Å². The number of nitrogens with zero attached hydrogens (tertiary/aromatic N) is 1. The minimum absolute atomic E-state index is 0.162. The van der Waals surface area contributed by atoms with Crippen LogP contribution in [0.5, 0.6) is 0 Å². The molecule has 0 fully saturated rings. The summed E-state index contributed by atoms with van der Waals surface area (Å²) in [4.78, 5) is 4.67. The van der Waals surface area contributed by atoms with Crippen LogP contribution in [0.3, 0.4) is 0 Å². The van der Waals surface area contributed by atoms with Gasteiger partial charge in [0.1, 0.15) is 0 Å². The van der Waals surface area contributed by atoms with E-state index in [1.54, 1.807) is 7.11 Å². The highest BCUT2D eigenvalue weighted by Gasteiger charge is 2.11. The predicted molar refractivity (Wildman–Crippen MR) is 70.0 cm³/mol. The second-order valence-electron chi connectivity index (χ2n) is 3.99. The average Bonchev–Trinajstić information content (AvgIpc) is 2.38. The minimum Gasteiger partial charge on any atom is -0.383 e. The van der Waals surface area contributed by atoms with Crippen LogP contribution in [-0.4, -0.2) is 25.2 Å². The maximum Gasteiger partial charge on any atom is 0.0732 e. The number of likely N-dealkylation sites (N-methyl/N-ethyl adjacent to an activating group) is 1. The van der Waals surface area contributed by atoms with Crippen LogP contribution in [-0.2, 0) is 4.74 Å². The van der Waals surface area contributed by atoms with Gasteiger partial charge in [0.25, 0.3) is 0 Å². The van der Waals surface area contributed by atoms with Crippen LogP contribution in [0.1, 0.15) is 18.7 Å². The number of hydrogen-bond acceptors (Lipinski definition) is 3. The van der Waals surface area contributed by atoms with E-state index in [2.05, 4.69) is 35.4 Å². The topological polar surface area (TPSA) is 34.1 Å². The molecule has 0 aliphatic heterocycles.